The largest absolute Gasteiger partial charge is 0.311 e. The monoisotopic (exact) mass is 240 g/mol. The van der Waals surface area contributed by atoms with Crippen molar-refractivity contribution in [2.45, 2.75) is 0 Å². The number of nitrogens with zero attached hydrogens (tertiary/aromatic N) is 2. The number of amidine groups is 1. The second-order valence-electron chi connectivity index (χ2n) is 3.77. The molecule has 1 fully saturated rings. The molecule has 0 aliphatic carbocycles. The summed E-state index contributed by atoms with van der Waals surface area (Å²) < 4.78 is 0. The number of anilines is 1. The Hall–Kier alpha value is -1.74. The van der Waals surface area contributed by atoms with Crippen LogP contribution in [-0.4, -0.2) is 11.0 Å². The van der Waals surface area contributed by atoms with Crippen molar-refractivity contribution < 1.29 is 0 Å². The van der Waals surface area contributed by atoms with Crippen molar-refractivity contribution in [1.29, 1.82) is 0 Å². The van der Waals surface area contributed by atoms with Gasteiger partial charge in [-0.2, -0.15) is 0 Å². The highest BCUT2D eigenvalue weighted by Crippen LogP contribution is 2.31. The molecule has 2 nitrogen and oxygen atoms in total. The van der Waals surface area contributed by atoms with Gasteiger partial charge in [-0.25, -0.2) is 4.99 Å². The smallest absolute Gasteiger partial charge is 0.171 e. The molecule has 0 amide bonds. The summed E-state index contributed by atoms with van der Waals surface area (Å²) in [7, 11) is 0. The number of benzene rings is 2. The number of thioether (sulfide) groups is 1. The fourth-order valence-corrected chi connectivity index (χ4v) is 2.48. The molecule has 0 radical (unpaired) electrons. The van der Waals surface area contributed by atoms with Gasteiger partial charge in [0.2, 0.25) is 0 Å². The SMILES string of the molecule is c1ccc(N=C2SCN2c2ccccc2)cc1. The molecule has 0 saturated carbocycles. The molecule has 0 N–H and O–H groups in total. The van der Waals surface area contributed by atoms with Crippen molar-refractivity contribution in [2.24, 2.45) is 4.99 Å². The van der Waals surface area contributed by atoms with Crippen molar-refractivity contribution in [1.82, 2.24) is 0 Å². The zero-order valence-electron chi connectivity index (χ0n) is 9.28. The van der Waals surface area contributed by atoms with E-state index < -0.39 is 0 Å². The summed E-state index contributed by atoms with van der Waals surface area (Å²) in [6, 6.07) is 20.4. The van der Waals surface area contributed by atoms with Gasteiger partial charge < -0.3 is 4.90 Å². The highest BCUT2D eigenvalue weighted by molar-refractivity contribution is 8.16. The maximum absolute atomic E-state index is 4.63. The second kappa shape index (κ2) is 4.63. The quantitative estimate of drug-likeness (QED) is 0.791. The van der Waals surface area contributed by atoms with Crippen LogP contribution in [0.4, 0.5) is 11.4 Å². The minimum atomic E-state index is 0.982. The zero-order chi connectivity index (χ0) is 11.5. The van der Waals surface area contributed by atoms with Gasteiger partial charge in [0.25, 0.3) is 0 Å². The minimum Gasteiger partial charge on any atom is -0.311 e. The molecule has 84 valence electrons. The third kappa shape index (κ3) is 2.19. The first kappa shape index (κ1) is 10.4. The van der Waals surface area contributed by atoms with Crippen molar-refractivity contribution in [3.63, 3.8) is 0 Å². The Kier molecular flexibility index (Phi) is 2.84. The molecule has 2 aromatic carbocycles. The fourth-order valence-electron chi connectivity index (χ4n) is 1.69. The average molecular weight is 240 g/mol. The van der Waals surface area contributed by atoms with Gasteiger partial charge in [-0.05, 0) is 24.3 Å². The van der Waals surface area contributed by atoms with Gasteiger partial charge in [0.05, 0.1) is 11.6 Å². The molecule has 2 aromatic rings. The normalized spacial score (nSPS) is 16.9. The molecule has 0 unspecified atom stereocenters. The number of hydrogen-bond donors (Lipinski definition) is 0. The van der Waals surface area contributed by atoms with Crippen LogP contribution in [0.15, 0.2) is 65.7 Å². The van der Waals surface area contributed by atoms with Crippen molar-refractivity contribution in [3.05, 3.63) is 60.7 Å². The van der Waals surface area contributed by atoms with E-state index >= 15 is 0 Å². The van der Waals surface area contributed by atoms with Crippen LogP contribution >= 0.6 is 11.8 Å². The predicted molar refractivity (Wildman–Crippen MR) is 74.9 cm³/mol. The van der Waals surface area contributed by atoms with E-state index in [-0.39, 0.29) is 0 Å². The fraction of sp³-hybridized carbons (Fsp3) is 0.0714. The molecule has 1 heterocycles. The van der Waals surface area contributed by atoms with Gasteiger partial charge in [0, 0.05) is 5.69 Å². The highest BCUT2D eigenvalue weighted by atomic mass is 32.2. The molecule has 3 heteroatoms. The maximum Gasteiger partial charge on any atom is 0.171 e. The van der Waals surface area contributed by atoms with Crippen LogP contribution in [0.2, 0.25) is 0 Å². The molecular weight excluding hydrogens is 228 g/mol. The summed E-state index contributed by atoms with van der Waals surface area (Å²) in [5.74, 6) is 0.982. The lowest BCUT2D eigenvalue weighted by Crippen LogP contribution is -2.38. The van der Waals surface area contributed by atoms with Crippen molar-refractivity contribution >= 4 is 28.3 Å². The molecule has 17 heavy (non-hydrogen) atoms. The van der Waals surface area contributed by atoms with Gasteiger partial charge in [-0.15, -0.1) is 0 Å². The number of para-hydroxylation sites is 2. The summed E-state index contributed by atoms with van der Waals surface area (Å²) in [6.07, 6.45) is 0. The number of hydrogen-bond acceptors (Lipinski definition) is 2. The summed E-state index contributed by atoms with van der Waals surface area (Å²) >= 11 is 1.78. The Balaban J connectivity index is 1.85. The van der Waals surface area contributed by atoms with Gasteiger partial charge in [-0.3, -0.25) is 0 Å². The Morgan fingerprint density at radius 3 is 2.12 bits per heavy atom. The minimum absolute atomic E-state index is 0.982. The molecule has 0 spiro atoms. The van der Waals surface area contributed by atoms with Crippen LogP contribution in [0.25, 0.3) is 0 Å². The third-order valence-electron chi connectivity index (χ3n) is 2.60. The first-order valence-electron chi connectivity index (χ1n) is 5.52. The first-order chi connectivity index (χ1) is 8.43. The van der Waals surface area contributed by atoms with E-state index in [0.29, 0.717) is 0 Å². The predicted octanol–water partition coefficient (Wildman–Crippen LogP) is 3.89. The first-order valence-corrected chi connectivity index (χ1v) is 6.51. The van der Waals surface area contributed by atoms with E-state index in [2.05, 4.69) is 34.2 Å². The topological polar surface area (TPSA) is 15.6 Å². The van der Waals surface area contributed by atoms with E-state index in [1.165, 1.54) is 5.69 Å². The van der Waals surface area contributed by atoms with Gasteiger partial charge in [0.1, 0.15) is 0 Å². The van der Waals surface area contributed by atoms with E-state index in [0.717, 1.165) is 16.7 Å². The lowest BCUT2D eigenvalue weighted by molar-refractivity contribution is 1.20. The van der Waals surface area contributed by atoms with Crippen LogP contribution in [-0.2, 0) is 0 Å². The van der Waals surface area contributed by atoms with Gasteiger partial charge in [0.15, 0.2) is 5.17 Å². The van der Waals surface area contributed by atoms with Gasteiger partial charge >= 0.3 is 0 Å². The Labute approximate surface area is 105 Å². The molecular formula is C14H12N2S. The molecule has 0 bridgehead atoms. The molecule has 1 aliphatic rings. The Morgan fingerprint density at radius 2 is 1.53 bits per heavy atom. The van der Waals surface area contributed by atoms with Crippen LogP contribution in [0.3, 0.4) is 0 Å². The molecule has 1 saturated heterocycles. The molecule has 3 rings (SSSR count). The van der Waals surface area contributed by atoms with E-state index in [9.17, 15) is 0 Å². The van der Waals surface area contributed by atoms with Crippen LogP contribution in [0.5, 0.6) is 0 Å². The van der Waals surface area contributed by atoms with Crippen LogP contribution < -0.4 is 4.90 Å². The standard InChI is InChI=1S/C14H12N2S/c1-3-7-12(8-4-1)15-14-16(11-17-14)13-9-5-2-6-10-13/h1-10H,11H2. The second-order valence-corrected chi connectivity index (χ2v) is 4.68. The molecule has 1 aliphatic heterocycles. The van der Waals surface area contributed by atoms with Crippen LogP contribution in [0, 0.1) is 0 Å². The van der Waals surface area contributed by atoms with Crippen LogP contribution in [0.1, 0.15) is 0 Å². The van der Waals surface area contributed by atoms with E-state index in [4.69, 9.17) is 0 Å². The lowest BCUT2D eigenvalue weighted by Gasteiger charge is -2.33. The van der Waals surface area contributed by atoms with E-state index in [1.807, 2.05) is 36.4 Å². The lowest BCUT2D eigenvalue weighted by atomic mass is 10.3. The van der Waals surface area contributed by atoms with Crippen molar-refractivity contribution in [2.75, 3.05) is 10.8 Å². The molecule has 0 aromatic heterocycles. The molecule has 0 atom stereocenters. The summed E-state index contributed by atoms with van der Waals surface area (Å²) in [5, 5.41) is 1.07. The maximum atomic E-state index is 4.63. The number of aliphatic imine (C=N–C) groups is 1. The highest BCUT2D eigenvalue weighted by Gasteiger charge is 2.24. The Bertz CT molecular complexity index is 522. The third-order valence-corrected chi connectivity index (χ3v) is 3.56. The summed E-state index contributed by atoms with van der Waals surface area (Å²) in [5.41, 5.74) is 2.22. The van der Waals surface area contributed by atoms with E-state index in [1.54, 1.807) is 11.8 Å². The summed E-state index contributed by atoms with van der Waals surface area (Å²) in [4.78, 5) is 6.85. The van der Waals surface area contributed by atoms with Crippen molar-refractivity contribution in [3.8, 4) is 0 Å². The summed E-state index contributed by atoms with van der Waals surface area (Å²) in [6.45, 7) is 0. The zero-order valence-corrected chi connectivity index (χ0v) is 10.1. The average Bonchev–Trinajstić information content (AvgIpc) is 2.37. The van der Waals surface area contributed by atoms with Gasteiger partial charge in [-0.1, -0.05) is 48.2 Å². The Morgan fingerprint density at radius 1 is 0.882 bits per heavy atom. The number of rotatable bonds is 2.